The van der Waals surface area contributed by atoms with Crippen molar-refractivity contribution in [1.82, 2.24) is 4.98 Å². The van der Waals surface area contributed by atoms with E-state index < -0.39 is 10.8 Å². The maximum absolute atomic E-state index is 12.9. The highest BCUT2D eigenvalue weighted by Crippen LogP contribution is 2.60. The summed E-state index contributed by atoms with van der Waals surface area (Å²) in [4.78, 5) is 16.9. The first-order valence-electron chi connectivity index (χ1n) is 8.40. The summed E-state index contributed by atoms with van der Waals surface area (Å²) in [6.07, 6.45) is 10.7. The van der Waals surface area contributed by atoms with Crippen LogP contribution in [0.15, 0.2) is 24.5 Å². The minimum atomic E-state index is -1.10. The van der Waals surface area contributed by atoms with Gasteiger partial charge in [-0.3, -0.25) is 14.0 Å². The molecule has 4 aliphatic carbocycles. The Morgan fingerprint density at radius 1 is 1.18 bits per heavy atom. The smallest absolute Gasteiger partial charge is 0.151 e. The fraction of sp³-hybridized carbons (Fsp3) is 0.667. The molecule has 0 radical (unpaired) electrons. The van der Waals surface area contributed by atoms with Gasteiger partial charge in [-0.15, -0.1) is 0 Å². The standard InChI is InChI=1S/C18H23NO2S/c20-17(12-22(21)11-13-2-1-3-19-10-13)18-7-14-4-15(8-18)6-16(5-14)9-18/h1-3,10,14-16H,4-9,11-12H2. The van der Waals surface area contributed by atoms with Crippen molar-refractivity contribution in [2.75, 3.05) is 5.75 Å². The topological polar surface area (TPSA) is 47.0 Å². The van der Waals surface area contributed by atoms with Gasteiger partial charge in [-0.05, 0) is 67.9 Å². The number of rotatable bonds is 5. The highest BCUT2D eigenvalue weighted by molar-refractivity contribution is 7.84. The Morgan fingerprint density at radius 2 is 1.82 bits per heavy atom. The fourth-order valence-electron chi connectivity index (χ4n) is 5.47. The van der Waals surface area contributed by atoms with E-state index in [0.29, 0.717) is 5.75 Å². The Balaban J connectivity index is 1.43. The van der Waals surface area contributed by atoms with Crippen molar-refractivity contribution in [1.29, 1.82) is 0 Å². The number of nitrogens with zero attached hydrogens (tertiary/aromatic N) is 1. The predicted molar refractivity (Wildman–Crippen MR) is 86.6 cm³/mol. The van der Waals surface area contributed by atoms with Crippen LogP contribution in [-0.2, 0) is 21.3 Å². The lowest BCUT2D eigenvalue weighted by Crippen LogP contribution is -2.51. The van der Waals surface area contributed by atoms with Gasteiger partial charge in [0.1, 0.15) is 0 Å². The molecule has 4 bridgehead atoms. The van der Waals surface area contributed by atoms with Gasteiger partial charge >= 0.3 is 0 Å². The Bertz CT molecular complexity index is 563. The number of Topliss-reactive ketones (excluding diaryl/α,β-unsaturated/α-hetero) is 1. The van der Waals surface area contributed by atoms with Crippen molar-refractivity contribution in [3.63, 3.8) is 0 Å². The maximum atomic E-state index is 12.9. The number of aromatic nitrogens is 1. The SMILES string of the molecule is O=C(CS(=O)Cc1cccnc1)C12CC3CC(CC(C3)C1)C2. The molecule has 22 heavy (non-hydrogen) atoms. The third-order valence-electron chi connectivity index (χ3n) is 5.97. The number of ketones is 1. The lowest BCUT2D eigenvalue weighted by Gasteiger charge is -2.56. The van der Waals surface area contributed by atoms with E-state index in [1.54, 1.807) is 12.4 Å². The molecule has 0 aliphatic heterocycles. The van der Waals surface area contributed by atoms with Gasteiger partial charge in [0.2, 0.25) is 0 Å². The van der Waals surface area contributed by atoms with Crippen LogP contribution < -0.4 is 0 Å². The molecule has 1 aromatic rings. The van der Waals surface area contributed by atoms with Gasteiger partial charge in [0.05, 0.1) is 11.5 Å². The third-order valence-corrected chi connectivity index (χ3v) is 7.21. The second-order valence-electron chi connectivity index (χ2n) is 7.71. The van der Waals surface area contributed by atoms with Crippen molar-refractivity contribution >= 4 is 16.6 Å². The molecular formula is C18H23NO2S. The van der Waals surface area contributed by atoms with Crippen molar-refractivity contribution in [2.24, 2.45) is 23.2 Å². The molecular weight excluding hydrogens is 294 g/mol. The van der Waals surface area contributed by atoms with Crippen LogP contribution in [0.1, 0.15) is 44.1 Å². The van der Waals surface area contributed by atoms with Gasteiger partial charge in [0, 0.05) is 28.6 Å². The van der Waals surface area contributed by atoms with Crippen LogP contribution >= 0.6 is 0 Å². The monoisotopic (exact) mass is 317 g/mol. The van der Waals surface area contributed by atoms with Crippen LogP contribution in [0.2, 0.25) is 0 Å². The largest absolute Gasteiger partial charge is 0.298 e. The van der Waals surface area contributed by atoms with Crippen molar-refractivity contribution in [3.8, 4) is 0 Å². The van der Waals surface area contributed by atoms with E-state index in [1.807, 2.05) is 12.1 Å². The molecule has 0 amide bonds. The van der Waals surface area contributed by atoms with Gasteiger partial charge in [0.15, 0.2) is 5.78 Å². The second-order valence-corrected chi connectivity index (χ2v) is 9.17. The zero-order chi connectivity index (χ0) is 15.2. The molecule has 1 aromatic heterocycles. The number of carbonyl (C=O) groups excluding carboxylic acids is 1. The molecule has 0 spiro atoms. The fourth-order valence-corrected chi connectivity index (χ4v) is 6.72. The van der Waals surface area contributed by atoms with E-state index >= 15 is 0 Å². The van der Waals surface area contributed by atoms with Gasteiger partial charge in [0.25, 0.3) is 0 Å². The summed E-state index contributed by atoms with van der Waals surface area (Å²) < 4.78 is 12.4. The number of hydrogen-bond donors (Lipinski definition) is 0. The summed E-state index contributed by atoms with van der Waals surface area (Å²) in [6, 6.07) is 3.79. The zero-order valence-corrected chi connectivity index (χ0v) is 13.7. The number of pyridine rings is 1. The van der Waals surface area contributed by atoms with Gasteiger partial charge < -0.3 is 0 Å². The summed E-state index contributed by atoms with van der Waals surface area (Å²) >= 11 is 0. The summed E-state index contributed by atoms with van der Waals surface area (Å²) in [7, 11) is -1.10. The highest BCUT2D eigenvalue weighted by Gasteiger charge is 2.54. The first-order chi connectivity index (χ1) is 10.6. The molecule has 5 rings (SSSR count). The summed E-state index contributed by atoms with van der Waals surface area (Å²) in [5.41, 5.74) is 0.846. The van der Waals surface area contributed by atoms with E-state index in [-0.39, 0.29) is 17.0 Å². The van der Waals surface area contributed by atoms with Crippen LogP contribution in [0.3, 0.4) is 0 Å². The van der Waals surface area contributed by atoms with E-state index in [4.69, 9.17) is 0 Å². The van der Waals surface area contributed by atoms with Gasteiger partial charge in [-0.2, -0.15) is 0 Å². The molecule has 0 aromatic carbocycles. The molecule has 4 fully saturated rings. The molecule has 4 aliphatic rings. The maximum Gasteiger partial charge on any atom is 0.151 e. The van der Waals surface area contributed by atoms with Crippen LogP contribution in [0.4, 0.5) is 0 Å². The third kappa shape index (κ3) is 2.66. The van der Waals surface area contributed by atoms with Gasteiger partial charge in [-0.1, -0.05) is 6.07 Å². The van der Waals surface area contributed by atoms with Crippen LogP contribution in [0.25, 0.3) is 0 Å². The van der Waals surface area contributed by atoms with E-state index in [1.165, 1.54) is 19.3 Å². The molecule has 3 nitrogen and oxygen atoms in total. The molecule has 1 atom stereocenters. The zero-order valence-electron chi connectivity index (χ0n) is 12.9. The van der Waals surface area contributed by atoms with E-state index in [2.05, 4.69) is 4.98 Å². The number of hydrogen-bond acceptors (Lipinski definition) is 3. The first kappa shape index (κ1) is 14.6. The molecule has 1 heterocycles. The van der Waals surface area contributed by atoms with Crippen molar-refractivity contribution in [3.05, 3.63) is 30.1 Å². The average Bonchev–Trinajstić information content (AvgIpc) is 2.46. The number of carbonyl (C=O) groups is 1. The van der Waals surface area contributed by atoms with E-state index in [0.717, 1.165) is 42.6 Å². The summed E-state index contributed by atoms with van der Waals surface area (Å²) in [5.74, 6) is 3.27. The molecule has 1 unspecified atom stereocenters. The Morgan fingerprint density at radius 3 is 2.36 bits per heavy atom. The van der Waals surface area contributed by atoms with Crippen LogP contribution in [-0.4, -0.2) is 20.7 Å². The Kier molecular flexibility index (Phi) is 3.67. The molecule has 4 saturated carbocycles. The molecule has 0 N–H and O–H groups in total. The normalized spacial score (nSPS) is 37.2. The minimum Gasteiger partial charge on any atom is -0.298 e. The van der Waals surface area contributed by atoms with Crippen molar-refractivity contribution < 1.29 is 9.00 Å². The average molecular weight is 317 g/mol. The van der Waals surface area contributed by atoms with Crippen LogP contribution in [0.5, 0.6) is 0 Å². The van der Waals surface area contributed by atoms with Crippen molar-refractivity contribution in [2.45, 2.75) is 44.3 Å². The Labute approximate surface area is 134 Å². The Hall–Kier alpha value is -1.03. The van der Waals surface area contributed by atoms with Gasteiger partial charge in [-0.25, -0.2) is 0 Å². The molecule has 118 valence electrons. The quantitative estimate of drug-likeness (QED) is 0.838. The lowest BCUT2D eigenvalue weighted by atomic mass is 9.48. The minimum absolute atomic E-state index is 0.112. The summed E-state index contributed by atoms with van der Waals surface area (Å²) in [5, 5.41) is 0. The first-order valence-corrected chi connectivity index (χ1v) is 9.89. The lowest BCUT2D eigenvalue weighted by molar-refractivity contribution is -0.141. The molecule has 4 heteroatoms. The molecule has 0 saturated heterocycles. The van der Waals surface area contributed by atoms with Crippen LogP contribution in [0, 0.1) is 23.2 Å². The predicted octanol–water partition coefficient (Wildman–Crippen LogP) is 3.12. The summed E-state index contributed by atoms with van der Waals surface area (Å²) in [6.45, 7) is 0. The highest BCUT2D eigenvalue weighted by atomic mass is 32.2. The van der Waals surface area contributed by atoms with E-state index in [9.17, 15) is 9.00 Å². The second kappa shape index (κ2) is 5.55.